The second-order valence-corrected chi connectivity index (χ2v) is 4.32. The zero-order valence-electron chi connectivity index (χ0n) is 8.59. The molecular weight excluding hydrogens is 180 g/mol. The first-order valence-electron chi connectivity index (χ1n) is 5.54. The third-order valence-electron chi connectivity index (χ3n) is 3.18. The van der Waals surface area contributed by atoms with Crippen molar-refractivity contribution in [1.29, 1.82) is 0 Å². The number of ether oxygens (including phenoxy) is 2. The van der Waals surface area contributed by atoms with Gasteiger partial charge < -0.3 is 9.47 Å². The van der Waals surface area contributed by atoms with E-state index in [0.717, 1.165) is 38.9 Å². The van der Waals surface area contributed by atoms with Crippen molar-refractivity contribution in [3.05, 3.63) is 0 Å². The maximum absolute atomic E-state index is 11.4. The van der Waals surface area contributed by atoms with Gasteiger partial charge in [-0.15, -0.1) is 0 Å². The lowest BCUT2D eigenvalue weighted by atomic mass is 9.85. The maximum Gasteiger partial charge on any atom is 0.138 e. The van der Waals surface area contributed by atoms with E-state index in [9.17, 15) is 4.79 Å². The van der Waals surface area contributed by atoms with Gasteiger partial charge in [0.15, 0.2) is 0 Å². The van der Waals surface area contributed by atoms with Crippen LogP contribution in [0.2, 0.25) is 0 Å². The van der Waals surface area contributed by atoms with Crippen LogP contribution in [-0.2, 0) is 14.3 Å². The Morgan fingerprint density at radius 3 is 2.86 bits per heavy atom. The third-order valence-corrected chi connectivity index (χ3v) is 3.18. The van der Waals surface area contributed by atoms with Gasteiger partial charge >= 0.3 is 0 Å². The van der Waals surface area contributed by atoms with Gasteiger partial charge in [-0.2, -0.15) is 0 Å². The zero-order chi connectivity index (χ0) is 9.86. The van der Waals surface area contributed by atoms with Crippen LogP contribution < -0.4 is 0 Å². The fourth-order valence-corrected chi connectivity index (χ4v) is 2.34. The van der Waals surface area contributed by atoms with Crippen LogP contribution in [-0.4, -0.2) is 31.2 Å². The second-order valence-electron chi connectivity index (χ2n) is 4.32. The van der Waals surface area contributed by atoms with Crippen LogP contribution in [0.1, 0.15) is 38.5 Å². The Morgan fingerprint density at radius 1 is 1.07 bits per heavy atom. The fourth-order valence-electron chi connectivity index (χ4n) is 2.34. The van der Waals surface area contributed by atoms with Crippen molar-refractivity contribution in [3.8, 4) is 0 Å². The molecule has 2 aliphatic heterocycles. The van der Waals surface area contributed by atoms with E-state index < -0.39 is 0 Å². The van der Waals surface area contributed by atoms with Crippen molar-refractivity contribution in [2.24, 2.45) is 0 Å². The summed E-state index contributed by atoms with van der Waals surface area (Å²) in [7, 11) is 0. The summed E-state index contributed by atoms with van der Waals surface area (Å²) >= 11 is 0. The van der Waals surface area contributed by atoms with E-state index in [4.69, 9.17) is 9.47 Å². The minimum atomic E-state index is -0.171. The molecule has 0 saturated carbocycles. The first-order chi connectivity index (χ1) is 6.81. The average molecular weight is 198 g/mol. The molecule has 0 N–H and O–H groups in total. The standard InChI is InChI=1S/C11H18O3/c12-10-3-7-14-11(9-10)4-1-2-6-13-8-5-11/h1-9H2. The maximum atomic E-state index is 11.4. The van der Waals surface area contributed by atoms with Gasteiger partial charge in [0, 0.05) is 32.5 Å². The minimum Gasteiger partial charge on any atom is -0.381 e. The average Bonchev–Trinajstić information content (AvgIpc) is 2.12. The van der Waals surface area contributed by atoms with Crippen LogP contribution in [0.25, 0.3) is 0 Å². The topological polar surface area (TPSA) is 35.5 Å². The van der Waals surface area contributed by atoms with Crippen molar-refractivity contribution >= 4 is 5.78 Å². The number of carbonyl (C=O) groups excluding carboxylic acids is 1. The Balaban J connectivity index is 1.99. The number of ketones is 1. The molecule has 14 heavy (non-hydrogen) atoms. The largest absolute Gasteiger partial charge is 0.381 e. The van der Waals surface area contributed by atoms with Crippen molar-refractivity contribution < 1.29 is 14.3 Å². The molecule has 2 rings (SSSR count). The van der Waals surface area contributed by atoms with Crippen LogP contribution in [0.4, 0.5) is 0 Å². The highest BCUT2D eigenvalue weighted by Gasteiger charge is 2.36. The van der Waals surface area contributed by atoms with Gasteiger partial charge in [0.2, 0.25) is 0 Å². The first-order valence-corrected chi connectivity index (χ1v) is 5.54. The molecule has 1 atom stereocenters. The predicted molar refractivity (Wildman–Crippen MR) is 52.2 cm³/mol. The molecule has 2 aliphatic rings. The van der Waals surface area contributed by atoms with E-state index in [1.807, 2.05) is 0 Å². The van der Waals surface area contributed by atoms with Gasteiger partial charge in [-0.25, -0.2) is 0 Å². The summed E-state index contributed by atoms with van der Waals surface area (Å²) in [5, 5.41) is 0. The number of hydrogen-bond acceptors (Lipinski definition) is 3. The molecule has 0 amide bonds. The predicted octanol–water partition coefficient (Wildman–Crippen LogP) is 1.70. The van der Waals surface area contributed by atoms with E-state index in [2.05, 4.69) is 0 Å². The van der Waals surface area contributed by atoms with Gasteiger partial charge in [-0.1, -0.05) is 0 Å². The molecule has 1 unspecified atom stereocenters. The van der Waals surface area contributed by atoms with Gasteiger partial charge in [-0.05, 0) is 19.3 Å². The molecule has 0 aromatic rings. The van der Waals surface area contributed by atoms with Crippen molar-refractivity contribution in [2.75, 3.05) is 19.8 Å². The zero-order valence-corrected chi connectivity index (χ0v) is 8.59. The van der Waals surface area contributed by atoms with Crippen molar-refractivity contribution in [3.63, 3.8) is 0 Å². The molecule has 2 fully saturated rings. The second kappa shape index (κ2) is 4.41. The van der Waals surface area contributed by atoms with Crippen LogP contribution >= 0.6 is 0 Å². The molecule has 3 nitrogen and oxygen atoms in total. The molecule has 0 aromatic heterocycles. The molecule has 2 saturated heterocycles. The Labute approximate surface area is 84.8 Å². The third kappa shape index (κ3) is 2.34. The van der Waals surface area contributed by atoms with Crippen LogP contribution in [0, 0.1) is 0 Å². The Morgan fingerprint density at radius 2 is 2.00 bits per heavy atom. The van der Waals surface area contributed by atoms with E-state index >= 15 is 0 Å². The lowest BCUT2D eigenvalue weighted by Gasteiger charge is -2.37. The summed E-state index contributed by atoms with van der Waals surface area (Å²) in [6.45, 7) is 2.22. The SMILES string of the molecule is O=C1CCOC2(CCCCOCC2)C1. The molecular formula is C11H18O3. The number of carbonyl (C=O) groups is 1. The normalized spacial score (nSPS) is 35.3. The first kappa shape index (κ1) is 10.1. The summed E-state index contributed by atoms with van der Waals surface area (Å²) in [6.07, 6.45) is 5.34. The molecule has 3 heteroatoms. The van der Waals surface area contributed by atoms with Crippen molar-refractivity contribution in [1.82, 2.24) is 0 Å². The number of hydrogen-bond donors (Lipinski definition) is 0. The monoisotopic (exact) mass is 198 g/mol. The molecule has 1 spiro atoms. The van der Waals surface area contributed by atoms with Gasteiger partial charge in [-0.3, -0.25) is 4.79 Å². The highest BCUT2D eigenvalue weighted by molar-refractivity contribution is 5.80. The summed E-state index contributed by atoms with van der Waals surface area (Å²) in [4.78, 5) is 11.4. The van der Waals surface area contributed by atoms with E-state index in [-0.39, 0.29) is 5.60 Å². The Kier molecular flexibility index (Phi) is 3.19. The van der Waals surface area contributed by atoms with Crippen LogP contribution in [0.3, 0.4) is 0 Å². The highest BCUT2D eigenvalue weighted by Crippen LogP contribution is 2.32. The molecule has 0 aliphatic carbocycles. The molecule has 80 valence electrons. The van der Waals surface area contributed by atoms with Gasteiger partial charge in [0.05, 0.1) is 12.2 Å². The smallest absolute Gasteiger partial charge is 0.138 e. The molecule has 0 bridgehead atoms. The summed E-state index contributed by atoms with van der Waals surface area (Å²) in [5.41, 5.74) is -0.171. The lowest BCUT2D eigenvalue weighted by Crippen LogP contribution is -2.41. The fraction of sp³-hybridized carbons (Fsp3) is 0.909. The minimum absolute atomic E-state index is 0.171. The van der Waals surface area contributed by atoms with Crippen LogP contribution in [0.5, 0.6) is 0 Å². The summed E-state index contributed by atoms with van der Waals surface area (Å²) in [5.74, 6) is 0.358. The van der Waals surface area contributed by atoms with Crippen molar-refractivity contribution in [2.45, 2.75) is 44.1 Å². The molecule has 0 aromatic carbocycles. The van der Waals surface area contributed by atoms with E-state index in [1.54, 1.807) is 0 Å². The highest BCUT2D eigenvalue weighted by atomic mass is 16.5. The van der Waals surface area contributed by atoms with Crippen LogP contribution in [0.15, 0.2) is 0 Å². The summed E-state index contributed by atoms with van der Waals surface area (Å²) < 4.78 is 11.3. The Hall–Kier alpha value is -0.410. The number of rotatable bonds is 0. The molecule has 0 radical (unpaired) electrons. The van der Waals surface area contributed by atoms with Gasteiger partial charge in [0.25, 0.3) is 0 Å². The van der Waals surface area contributed by atoms with Gasteiger partial charge in [0.1, 0.15) is 5.78 Å². The van der Waals surface area contributed by atoms with E-state index in [1.165, 1.54) is 0 Å². The Bertz CT molecular complexity index is 205. The summed E-state index contributed by atoms with van der Waals surface area (Å²) in [6, 6.07) is 0. The molecule has 2 heterocycles. The van der Waals surface area contributed by atoms with E-state index in [0.29, 0.717) is 25.2 Å². The lowest BCUT2D eigenvalue weighted by molar-refractivity contribution is -0.146. The quantitative estimate of drug-likeness (QED) is 0.594. The number of Topliss-reactive ketones (excluding diaryl/α,β-unsaturated/α-hetero) is 1.